The first-order valence-corrected chi connectivity index (χ1v) is 14.1. The molecule has 12 nitrogen and oxygen atoms in total. The third kappa shape index (κ3) is 5.46. The van der Waals surface area contributed by atoms with E-state index in [0.29, 0.717) is 65.9 Å². The van der Waals surface area contributed by atoms with Crippen LogP contribution in [-0.4, -0.2) is 84.1 Å². The first kappa shape index (κ1) is 26.8. The Labute approximate surface area is 245 Å². The molecule has 0 bridgehead atoms. The number of rotatable bonds is 7. The number of pyridine rings is 1. The number of oxazole rings is 1. The second-order valence-corrected chi connectivity index (χ2v) is 10.8. The van der Waals surface area contributed by atoms with Crippen molar-refractivity contribution in [3.05, 3.63) is 83.9 Å². The van der Waals surface area contributed by atoms with Gasteiger partial charge in [0.1, 0.15) is 17.4 Å². The summed E-state index contributed by atoms with van der Waals surface area (Å²) < 4.78 is 19.2. The van der Waals surface area contributed by atoms with Crippen molar-refractivity contribution < 1.29 is 18.4 Å². The van der Waals surface area contributed by atoms with E-state index in [1.54, 1.807) is 48.5 Å². The molecule has 2 aromatic carbocycles. The van der Waals surface area contributed by atoms with Gasteiger partial charge in [-0.05, 0) is 47.5 Å². The Hall–Kier alpha value is -5.04. The van der Waals surface area contributed by atoms with Crippen LogP contribution in [0, 0.1) is 5.92 Å². The zero-order chi connectivity index (χ0) is 29.5. The van der Waals surface area contributed by atoms with E-state index in [9.17, 15) is 14.0 Å². The molecule has 218 valence electrons. The number of nitrogens with zero attached hydrogens (tertiary/aromatic N) is 8. The van der Waals surface area contributed by atoms with Crippen LogP contribution < -0.4 is 5.32 Å². The maximum Gasteiger partial charge on any atom is 0.272 e. The van der Waals surface area contributed by atoms with Crippen LogP contribution in [0.5, 0.6) is 0 Å². The predicted octanol–water partition coefficient (Wildman–Crippen LogP) is 3.26. The molecule has 0 radical (unpaired) electrons. The third-order valence-electron chi connectivity index (χ3n) is 7.78. The molecular formula is C30H28FN9O3. The molecule has 4 heterocycles. The highest BCUT2D eigenvalue weighted by atomic mass is 19.1. The smallest absolute Gasteiger partial charge is 0.272 e. The average molecular weight is 582 g/mol. The lowest BCUT2D eigenvalue weighted by Gasteiger charge is -2.38. The minimum absolute atomic E-state index is 0.170. The van der Waals surface area contributed by atoms with Gasteiger partial charge in [-0.15, -0.1) is 10.2 Å². The van der Waals surface area contributed by atoms with E-state index in [0.717, 1.165) is 5.56 Å². The molecule has 2 amide bonds. The Morgan fingerprint density at radius 2 is 1.84 bits per heavy atom. The molecule has 1 N–H and O–H groups in total. The van der Waals surface area contributed by atoms with Crippen LogP contribution in [0.1, 0.15) is 34.3 Å². The van der Waals surface area contributed by atoms with Gasteiger partial charge in [-0.1, -0.05) is 30.3 Å². The van der Waals surface area contributed by atoms with E-state index in [2.05, 4.69) is 35.6 Å². The Morgan fingerprint density at radius 3 is 2.56 bits per heavy atom. The SMILES string of the molecule is Cn1nnc([C@H](c2ccccc2)N2CCN(C(=O)c3cc(-c4nc5cc(NC(=O)[C@H]6C[C@@H]6F)ccc5o4)ccn3)CC2)n1. The molecule has 0 unspecified atom stereocenters. The second kappa shape index (κ2) is 11.0. The number of halogens is 1. The van der Waals surface area contributed by atoms with Gasteiger partial charge in [0, 0.05) is 43.6 Å². The van der Waals surface area contributed by atoms with Gasteiger partial charge < -0.3 is 14.6 Å². The third-order valence-corrected chi connectivity index (χ3v) is 7.78. The van der Waals surface area contributed by atoms with Crippen LogP contribution in [0.2, 0.25) is 0 Å². The van der Waals surface area contributed by atoms with Gasteiger partial charge in [-0.2, -0.15) is 4.80 Å². The highest BCUT2D eigenvalue weighted by Gasteiger charge is 2.43. The highest BCUT2D eigenvalue weighted by Crippen LogP contribution is 2.35. The molecule has 1 saturated carbocycles. The van der Waals surface area contributed by atoms with Crippen molar-refractivity contribution in [3.8, 4) is 11.5 Å². The summed E-state index contributed by atoms with van der Waals surface area (Å²) in [5.41, 5.74) is 3.54. The molecule has 3 aromatic heterocycles. The summed E-state index contributed by atoms with van der Waals surface area (Å²) in [6.45, 7) is 2.27. The molecule has 7 rings (SSSR count). The summed E-state index contributed by atoms with van der Waals surface area (Å²) in [5, 5.41) is 15.5. The van der Waals surface area contributed by atoms with Crippen molar-refractivity contribution in [2.24, 2.45) is 13.0 Å². The summed E-state index contributed by atoms with van der Waals surface area (Å²) >= 11 is 0. The number of tetrazole rings is 1. The zero-order valence-electron chi connectivity index (χ0n) is 23.3. The molecule has 0 spiro atoms. The molecule has 13 heteroatoms. The van der Waals surface area contributed by atoms with Crippen molar-refractivity contribution in [1.82, 2.24) is 40.0 Å². The number of aryl methyl sites for hydroxylation is 1. The summed E-state index contributed by atoms with van der Waals surface area (Å²) in [5.74, 6) is -0.155. The van der Waals surface area contributed by atoms with Crippen LogP contribution >= 0.6 is 0 Å². The first-order chi connectivity index (χ1) is 20.9. The van der Waals surface area contributed by atoms with Crippen LogP contribution in [0.3, 0.4) is 0 Å². The van der Waals surface area contributed by atoms with E-state index >= 15 is 0 Å². The highest BCUT2D eigenvalue weighted by molar-refractivity contribution is 5.96. The van der Waals surface area contributed by atoms with E-state index in [1.807, 2.05) is 30.3 Å². The maximum absolute atomic E-state index is 13.5. The first-order valence-electron chi connectivity index (χ1n) is 14.1. The van der Waals surface area contributed by atoms with Gasteiger partial charge in [0.2, 0.25) is 11.8 Å². The van der Waals surface area contributed by atoms with Gasteiger partial charge in [0.15, 0.2) is 11.4 Å². The quantitative estimate of drug-likeness (QED) is 0.307. The number of carbonyl (C=O) groups excluding carboxylic acids is 2. The van der Waals surface area contributed by atoms with Crippen molar-refractivity contribution in [3.63, 3.8) is 0 Å². The van der Waals surface area contributed by atoms with Gasteiger partial charge in [0.25, 0.3) is 5.91 Å². The Morgan fingerprint density at radius 1 is 1.05 bits per heavy atom. The van der Waals surface area contributed by atoms with E-state index in [4.69, 9.17) is 4.42 Å². The standard InChI is InChI=1S/C30H28FN9O3/c1-38-36-27(35-37-38)26(18-5-3-2-4-6-18)39-11-13-40(14-12-39)30(42)24-15-19(9-10-32-24)29-34-23-16-20(7-8-25(23)43-29)33-28(41)21-17-22(21)31/h2-10,15-16,21-22,26H,11-14,17H2,1H3,(H,33,41)/t21-,22-,26-/m0/s1. The predicted molar refractivity (Wildman–Crippen MR) is 153 cm³/mol. The van der Waals surface area contributed by atoms with E-state index in [1.165, 1.54) is 4.80 Å². The Bertz CT molecular complexity index is 1800. The number of benzene rings is 2. The summed E-state index contributed by atoms with van der Waals surface area (Å²) in [6.07, 6.45) is 0.755. The molecule has 1 aliphatic carbocycles. The number of alkyl halides is 1. The van der Waals surface area contributed by atoms with Crippen molar-refractivity contribution in [2.45, 2.75) is 18.6 Å². The number of fused-ring (bicyclic) bond motifs is 1. The second-order valence-electron chi connectivity index (χ2n) is 10.8. The lowest BCUT2D eigenvalue weighted by Crippen LogP contribution is -2.50. The topological polar surface area (TPSA) is 135 Å². The van der Waals surface area contributed by atoms with Crippen LogP contribution in [0.25, 0.3) is 22.6 Å². The van der Waals surface area contributed by atoms with Gasteiger partial charge >= 0.3 is 0 Å². The summed E-state index contributed by atoms with van der Waals surface area (Å²) in [6, 6.07) is 18.3. The number of nitrogens with one attached hydrogen (secondary N) is 1. The van der Waals surface area contributed by atoms with E-state index in [-0.39, 0.29) is 24.3 Å². The van der Waals surface area contributed by atoms with Gasteiger partial charge in [0.05, 0.1) is 19.0 Å². The van der Waals surface area contributed by atoms with Crippen LogP contribution in [0.4, 0.5) is 10.1 Å². The number of anilines is 1. The fourth-order valence-electron chi connectivity index (χ4n) is 5.39. The zero-order valence-corrected chi connectivity index (χ0v) is 23.3. The number of hydrogen-bond donors (Lipinski definition) is 1. The lowest BCUT2D eigenvalue weighted by atomic mass is 10.0. The minimum atomic E-state index is -1.07. The molecule has 1 saturated heterocycles. The fourth-order valence-corrected chi connectivity index (χ4v) is 5.39. The molecule has 43 heavy (non-hydrogen) atoms. The molecule has 2 fully saturated rings. The monoisotopic (exact) mass is 581 g/mol. The largest absolute Gasteiger partial charge is 0.436 e. The minimum Gasteiger partial charge on any atom is -0.436 e. The van der Waals surface area contributed by atoms with Gasteiger partial charge in [-0.3, -0.25) is 19.5 Å². The molecule has 2 aliphatic rings. The number of aromatic nitrogens is 6. The van der Waals surface area contributed by atoms with Crippen LogP contribution in [0.15, 0.2) is 71.3 Å². The summed E-state index contributed by atoms with van der Waals surface area (Å²) in [4.78, 5) is 40.0. The molecule has 3 atom stereocenters. The average Bonchev–Trinajstić information content (AvgIpc) is 3.39. The maximum atomic E-state index is 13.5. The summed E-state index contributed by atoms with van der Waals surface area (Å²) in [7, 11) is 1.74. The number of hydrogen-bond acceptors (Lipinski definition) is 9. The molecular weight excluding hydrogens is 553 g/mol. The Kier molecular flexibility index (Phi) is 6.86. The van der Waals surface area contributed by atoms with Crippen LogP contribution in [-0.2, 0) is 11.8 Å². The number of piperazine rings is 1. The van der Waals surface area contributed by atoms with E-state index < -0.39 is 12.1 Å². The van der Waals surface area contributed by atoms with Crippen molar-refractivity contribution in [1.29, 1.82) is 0 Å². The number of carbonyl (C=O) groups is 2. The lowest BCUT2D eigenvalue weighted by molar-refractivity contribution is -0.117. The van der Waals surface area contributed by atoms with Crippen molar-refractivity contribution in [2.75, 3.05) is 31.5 Å². The normalized spacial score (nSPS) is 19.3. The Balaban J connectivity index is 1.05. The van der Waals surface area contributed by atoms with Gasteiger partial charge in [-0.25, -0.2) is 9.37 Å². The number of amides is 2. The fraction of sp³-hybridized carbons (Fsp3) is 0.300. The molecule has 1 aliphatic heterocycles. The molecule has 5 aromatic rings. The van der Waals surface area contributed by atoms with Crippen molar-refractivity contribution >= 4 is 28.6 Å².